The number of nitrogens with one attached hydrogen (secondary N) is 1. The fourth-order valence-corrected chi connectivity index (χ4v) is 2.07. The maximum absolute atomic E-state index is 11.6. The molecule has 19 heavy (non-hydrogen) atoms. The van der Waals surface area contributed by atoms with E-state index in [-0.39, 0.29) is 18.1 Å². The van der Waals surface area contributed by atoms with Crippen molar-refractivity contribution in [3.63, 3.8) is 0 Å². The molecule has 0 amide bonds. The number of nitrogens with zero attached hydrogens (tertiary/aromatic N) is 1. The lowest BCUT2D eigenvalue weighted by atomic mass is 10.1. The Morgan fingerprint density at radius 1 is 1.47 bits per heavy atom. The summed E-state index contributed by atoms with van der Waals surface area (Å²) in [7, 11) is 0. The number of fused-ring (bicyclic) bond motifs is 1. The number of carbonyl (C=O) groups is 1. The Morgan fingerprint density at radius 2 is 2.21 bits per heavy atom. The number of hydrogen-bond acceptors (Lipinski definition) is 4. The van der Waals surface area contributed by atoms with Gasteiger partial charge in [-0.2, -0.15) is 0 Å². The molecule has 2 aromatic rings. The van der Waals surface area contributed by atoms with E-state index in [9.17, 15) is 14.9 Å². The number of esters is 1. The summed E-state index contributed by atoms with van der Waals surface area (Å²) in [5.41, 5.74) is 2.36. The van der Waals surface area contributed by atoms with Crippen LogP contribution in [0.1, 0.15) is 18.2 Å². The van der Waals surface area contributed by atoms with E-state index in [1.165, 1.54) is 12.1 Å². The Kier molecular flexibility index (Phi) is 3.50. The van der Waals surface area contributed by atoms with E-state index in [1.807, 2.05) is 6.92 Å². The van der Waals surface area contributed by atoms with Gasteiger partial charge >= 0.3 is 5.97 Å². The van der Waals surface area contributed by atoms with Crippen molar-refractivity contribution in [1.82, 2.24) is 4.98 Å². The monoisotopic (exact) mass is 262 g/mol. The Bertz CT molecular complexity index is 645. The van der Waals surface area contributed by atoms with E-state index < -0.39 is 4.92 Å². The van der Waals surface area contributed by atoms with Gasteiger partial charge in [0.05, 0.1) is 18.0 Å². The zero-order valence-corrected chi connectivity index (χ0v) is 10.7. The summed E-state index contributed by atoms with van der Waals surface area (Å²) >= 11 is 0. The molecule has 0 unspecified atom stereocenters. The molecule has 0 fully saturated rings. The number of nitro benzene ring substituents is 1. The van der Waals surface area contributed by atoms with Gasteiger partial charge in [0, 0.05) is 28.7 Å². The fourth-order valence-electron chi connectivity index (χ4n) is 2.07. The van der Waals surface area contributed by atoms with Crippen LogP contribution in [0.5, 0.6) is 0 Å². The van der Waals surface area contributed by atoms with Crippen molar-refractivity contribution in [2.24, 2.45) is 0 Å². The first-order chi connectivity index (χ1) is 9.02. The largest absolute Gasteiger partial charge is 0.466 e. The maximum atomic E-state index is 11.6. The lowest BCUT2D eigenvalue weighted by Gasteiger charge is -2.02. The first-order valence-electron chi connectivity index (χ1n) is 5.94. The lowest BCUT2D eigenvalue weighted by molar-refractivity contribution is -0.384. The second-order valence-electron chi connectivity index (χ2n) is 4.20. The van der Waals surface area contributed by atoms with Gasteiger partial charge in [0.15, 0.2) is 0 Å². The molecule has 0 atom stereocenters. The highest BCUT2D eigenvalue weighted by Gasteiger charge is 2.16. The molecule has 0 spiro atoms. The van der Waals surface area contributed by atoms with Gasteiger partial charge in [-0.3, -0.25) is 14.9 Å². The summed E-state index contributed by atoms with van der Waals surface area (Å²) in [6.07, 6.45) is 0.112. The van der Waals surface area contributed by atoms with Crippen molar-refractivity contribution >= 4 is 22.6 Å². The Hall–Kier alpha value is -2.37. The summed E-state index contributed by atoms with van der Waals surface area (Å²) in [5, 5.41) is 11.5. The average molecular weight is 262 g/mol. The van der Waals surface area contributed by atoms with Crippen LogP contribution in [0.4, 0.5) is 5.69 Å². The summed E-state index contributed by atoms with van der Waals surface area (Å²) in [6.45, 7) is 3.89. The molecule has 0 aliphatic heterocycles. The smallest absolute Gasteiger partial charge is 0.310 e. The van der Waals surface area contributed by atoms with Crippen LogP contribution in [0, 0.1) is 17.0 Å². The third-order valence-electron chi connectivity index (χ3n) is 2.94. The van der Waals surface area contributed by atoms with Crippen molar-refractivity contribution in [2.75, 3.05) is 6.61 Å². The molecule has 0 bridgehead atoms. The lowest BCUT2D eigenvalue weighted by Crippen LogP contribution is -2.07. The van der Waals surface area contributed by atoms with Gasteiger partial charge in [-0.15, -0.1) is 0 Å². The number of aryl methyl sites for hydroxylation is 1. The maximum Gasteiger partial charge on any atom is 0.310 e. The van der Waals surface area contributed by atoms with Gasteiger partial charge in [-0.25, -0.2) is 0 Å². The second-order valence-corrected chi connectivity index (χ2v) is 4.20. The number of non-ortho nitro benzene ring substituents is 1. The molecule has 0 aliphatic carbocycles. The summed E-state index contributed by atoms with van der Waals surface area (Å²) < 4.78 is 4.91. The number of aromatic nitrogens is 1. The number of benzene rings is 1. The molecule has 1 N–H and O–H groups in total. The predicted molar refractivity (Wildman–Crippen MR) is 70.0 cm³/mol. The van der Waals surface area contributed by atoms with Gasteiger partial charge in [0.25, 0.3) is 5.69 Å². The highest BCUT2D eigenvalue weighted by atomic mass is 16.6. The Balaban J connectivity index is 2.46. The van der Waals surface area contributed by atoms with Crippen LogP contribution in [0.15, 0.2) is 18.2 Å². The minimum atomic E-state index is -0.448. The van der Waals surface area contributed by atoms with Gasteiger partial charge in [-0.05, 0) is 25.5 Å². The highest BCUT2D eigenvalue weighted by Crippen LogP contribution is 2.26. The zero-order chi connectivity index (χ0) is 14.0. The average Bonchev–Trinajstić information content (AvgIpc) is 2.65. The molecule has 1 aromatic heterocycles. The molecule has 1 heterocycles. The summed E-state index contributed by atoms with van der Waals surface area (Å²) in [6, 6.07) is 4.56. The molecule has 6 nitrogen and oxygen atoms in total. The summed E-state index contributed by atoms with van der Waals surface area (Å²) in [5.74, 6) is -0.335. The van der Waals surface area contributed by atoms with Crippen LogP contribution in [-0.4, -0.2) is 22.5 Å². The van der Waals surface area contributed by atoms with Crippen molar-refractivity contribution in [1.29, 1.82) is 0 Å². The topological polar surface area (TPSA) is 85.2 Å². The first kappa shape index (κ1) is 13.1. The van der Waals surface area contributed by atoms with Crippen molar-refractivity contribution in [3.05, 3.63) is 39.6 Å². The number of ether oxygens (including phenoxy) is 1. The van der Waals surface area contributed by atoms with E-state index in [0.717, 1.165) is 16.8 Å². The number of carbonyl (C=O) groups excluding carboxylic acids is 1. The first-order valence-corrected chi connectivity index (χ1v) is 5.94. The zero-order valence-electron chi connectivity index (χ0n) is 10.7. The number of hydrogen-bond donors (Lipinski definition) is 1. The van der Waals surface area contributed by atoms with Gasteiger partial charge < -0.3 is 9.72 Å². The van der Waals surface area contributed by atoms with Crippen molar-refractivity contribution < 1.29 is 14.5 Å². The van der Waals surface area contributed by atoms with Crippen molar-refractivity contribution in [3.8, 4) is 0 Å². The molecule has 0 saturated heterocycles. The van der Waals surface area contributed by atoms with Crippen LogP contribution in [-0.2, 0) is 16.0 Å². The molecule has 6 heteroatoms. The molecular weight excluding hydrogens is 248 g/mol. The number of rotatable bonds is 4. The van der Waals surface area contributed by atoms with E-state index >= 15 is 0 Å². The molecule has 0 aliphatic rings. The van der Waals surface area contributed by atoms with Crippen LogP contribution in [0.25, 0.3) is 10.9 Å². The molecule has 100 valence electrons. The Labute approximate surface area is 109 Å². The number of nitro groups is 1. The van der Waals surface area contributed by atoms with E-state index in [0.29, 0.717) is 12.0 Å². The van der Waals surface area contributed by atoms with E-state index in [2.05, 4.69) is 4.98 Å². The normalized spacial score (nSPS) is 10.6. The molecular formula is C13H14N2O4. The Morgan fingerprint density at radius 3 is 2.84 bits per heavy atom. The third-order valence-corrected chi connectivity index (χ3v) is 2.94. The number of H-pyrrole nitrogens is 1. The van der Waals surface area contributed by atoms with Crippen molar-refractivity contribution in [2.45, 2.75) is 20.3 Å². The third kappa shape index (κ3) is 2.57. The summed E-state index contributed by atoms with van der Waals surface area (Å²) in [4.78, 5) is 25.0. The van der Waals surface area contributed by atoms with Crippen LogP contribution < -0.4 is 0 Å². The predicted octanol–water partition coefficient (Wildman–Crippen LogP) is 2.49. The molecule has 0 radical (unpaired) electrons. The van der Waals surface area contributed by atoms with Gasteiger partial charge in [0.2, 0.25) is 0 Å². The SMILES string of the molecule is CCOC(=O)Cc1c(C)[nH]c2ccc([N+](=O)[O-])cc12. The number of aromatic amines is 1. The van der Waals surface area contributed by atoms with Gasteiger partial charge in [0.1, 0.15) is 0 Å². The quantitative estimate of drug-likeness (QED) is 0.521. The fraction of sp³-hybridized carbons (Fsp3) is 0.308. The second kappa shape index (κ2) is 5.09. The standard InChI is InChI=1S/C13H14N2O4/c1-3-19-13(16)7-10-8(2)14-12-5-4-9(15(17)18)6-11(10)12/h4-6,14H,3,7H2,1-2H3. The van der Waals surface area contributed by atoms with Crippen LogP contribution >= 0.6 is 0 Å². The minimum absolute atomic E-state index is 0.0107. The van der Waals surface area contributed by atoms with E-state index in [4.69, 9.17) is 4.74 Å². The van der Waals surface area contributed by atoms with Crippen LogP contribution in [0.3, 0.4) is 0 Å². The highest BCUT2D eigenvalue weighted by molar-refractivity contribution is 5.90. The van der Waals surface area contributed by atoms with Crippen LogP contribution in [0.2, 0.25) is 0 Å². The molecule has 0 saturated carbocycles. The minimum Gasteiger partial charge on any atom is -0.466 e. The molecule has 1 aromatic carbocycles. The van der Waals surface area contributed by atoms with Gasteiger partial charge in [-0.1, -0.05) is 0 Å². The molecule has 2 rings (SSSR count). The van der Waals surface area contributed by atoms with E-state index in [1.54, 1.807) is 13.0 Å².